The normalized spacial score (nSPS) is 12.3. The first-order valence-electron chi connectivity index (χ1n) is 38.5. The zero-order valence-corrected chi connectivity index (χ0v) is 60.3. The summed E-state index contributed by atoms with van der Waals surface area (Å²) >= 11 is 0. The Morgan fingerprint density at radius 1 is 0.134 bits per heavy atom. The van der Waals surface area contributed by atoms with Crippen molar-refractivity contribution in [3.63, 3.8) is 0 Å². The Kier molecular flexibility index (Phi) is 12.8. The maximum atomic E-state index is 6.68. The van der Waals surface area contributed by atoms with Gasteiger partial charge in [-0.25, -0.2) is 0 Å². The highest BCUT2D eigenvalue weighted by Crippen LogP contribution is 2.53. The molecule has 0 amide bonds. The second-order valence-electron chi connectivity index (χ2n) is 30.2. The van der Waals surface area contributed by atoms with Crippen LogP contribution >= 0.6 is 0 Å². The van der Waals surface area contributed by atoms with Gasteiger partial charge in [-0.3, -0.25) is 0 Å². The monoisotopic (exact) mass is 1420 g/mol. The highest BCUT2D eigenvalue weighted by Gasteiger charge is 2.26. The molecule has 4 aromatic heterocycles. The molecule has 26 rings (SSSR count). The highest BCUT2D eigenvalue weighted by atomic mass is 16.3. The Morgan fingerprint density at radius 2 is 0.420 bits per heavy atom. The molecule has 4 heteroatoms. The number of rotatable bonds is 6. The van der Waals surface area contributed by atoms with Gasteiger partial charge in [-0.1, -0.05) is 291 Å². The second-order valence-corrected chi connectivity index (χ2v) is 30.2. The van der Waals surface area contributed by atoms with Gasteiger partial charge in [0.05, 0.1) is 0 Å². The minimum atomic E-state index is 0.896. The molecule has 0 aliphatic rings. The molecule has 22 aromatic carbocycles. The van der Waals surface area contributed by atoms with Gasteiger partial charge in [-0.2, -0.15) is 0 Å². The predicted molar refractivity (Wildman–Crippen MR) is 472 cm³/mol. The number of hydrogen-bond acceptors (Lipinski definition) is 4. The molecule has 0 N–H and O–H groups in total. The van der Waals surface area contributed by atoms with Crippen LogP contribution in [-0.4, -0.2) is 0 Å². The summed E-state index contributed by atoms with van der Waals surface area (Å²) in [6.07, 6.45) is 0. The minimum absolute atomic E-state index is 0.896. The first-order chi connectivity index (χ1) is 55.5. The average Bonchev–Trinajstić information content (AvgIpc) is 0.809. The molecule has 0 saturated heterocycles. The summed E-state index contributed by atoms with van der Waals surface area (Å²) in [5.41, 5.74) is 21.2. The molecule has 4 nitrogen and oxygen atoms in total. The van der Waals surface area contributed by atoms with E-state index in [1.807, 2.05) is 36.4 Å². The summed E-state index contributed by atoms with van der Waals surface area (Å²) in [5.74, 6) is 0. The molecular formula is C108H60O4. The van der Waals surface area contributed by atoms with E-state index in [-0.39, 0.29) is 0 Å². The van der Waals surface area contributed by atoms with Gasteiger partial charge in [0.15, 0.2) is 0 Å². The van der Waals surface area contributed by atoms with E-state index in [9.17, 15) is 0 Å². The van der Waals surface area contributed by atoms with Gasteiger partial charge >= 0.3 is 0 Å². The van der Waals surface area contributed by atoms with E-state index in [4.69, 9.17) is 17.7 Å². The standard InChI is InChI=1S/2C54H30O2/c1-3-25-48-36(14-1)43-23-9-21-41(53(43)55-48)34-16-7-19-38-45(34)30-46-35(42-22-10-24-44-37-15-2-4-26-49(37)56-54(42)44)17-8-20-39(46)52(38)47-29-33-13-5-11-31-27-28-32-12-6-18-40(47)51(32)50(31)33;1-3-19-48-38(12-1)40-25-23-33(28-50(40)55-48)36-14-7-17-42-45(36)30-46-37(34-24-26-41-39-13-2-4-20-49(39)56-51(41)29-34)15-8-18-43(46)54(42)47-27-35-11-5-9-31-21-22-32-10-6-16-44(47)53(32)52(31)35/h2*1-30H. The van der Waals surface area contributed by atoms with Crippen molar-refractivity contribution in [3.8, 4) is 66.8 Å². The van der Waals surface area contributed by atoms with Crippen LogP contribution in [0.15, 0.2) is 382 Å². The van der Waals surface area contributed by atoms with Crippen LogP contribution in [0.3, 0.4) is 0 Å². The molecule has 0 atom stereocenters. The van der Waals surface area contributed by atoms with Gasteiger partial charge in [-0.15, -0.1) is 0 Å². The zero-order valence-electron chi connectivity index (χ0n) is 60.3. The zero-order chi connectivity index (χ0) is 73.0. The third kappa shape index (κ3) is 8.83. The van der Waals surface area contributed by atoms with E-state index in [2.05, 4.69) is 328 Å². The molecule has 112 heavy (non-hydrogen) atoms. The molecule has 0 bridgehead atoms. The van der Waals surface area contributed by atoms with Gasteiger partial charge in [0, 0.05) is 54.2 Å². The van der Waals surface area contributed by atoms with Gasteiger partial charge in [0.2, 0.25) is 0 Å². The van der Waals surface area contributed by atoms with Crippen LogP contribution in [0, 0.1) is 0 Å². The molecule has 516 valence electrons. The first kappa shape index (κ1) is 61.2. The summed E-state index contributed by atoms with van der Waals surface area (Å²) < 4.78 is 26.2. The third-order valence-corrected chi connectivity index (χ3v) is 24.4. The van der Waals surface area contributed by atoms with Gasteiger partial charge in [0.25, 0.3) is 0 Å². The fraction of sp³-hybridized carbons (Fsp3) is 0. The molecule has 0 spiro atoms. The molecule has 0 radical (unpaired) electrons. The van der Waals surface area contributed by atoms with Crippen molar-refractivity contribution in [2.75, 3.05) is 0 Å². The van der Waals surface area contributed by atoms with Crippen molar-refractivity contribution in [2.24, 2.45) is 0 Å². The third-order valence-electron chi connectivity index (χ3n) is 24.4. The van der Waals surface area contributed by atoms with E-state index in [1.54, 1.807) is 0 Å². The predicted octanol–water partition coefficient (Wildman–Crippen LogP) is 31.4. The largest absolute Gasteiger partial charge is 0.456 e. The van der Waals surface area contributed by atoms with Crippen molar-refractivity contribution < 1.29 is 17.7 Å². The number of benzene rings is 22. The van der Waals surface area contributed by atoms with Crippen molar-refractivity contribution >= 4 is 195 Å². The number of fused-ring (bicyclic) bond motifs is 16. The summed E-state index contributed by atoms with van der Waals surface area (Å²) in [6, 6.07) is 133. The highest BCUT2D eigenvalue weighted by molar-refractivity contribution is 6.33. The molecular weight excluding hydrogens is 1360 g/mol. The van der Waals surface area contributed by atoms with Crippen molar-refractivity contribution in [1.82, 2.24) is 0 Å². The Hall–Kier alpha value is -14.8. The number of para-hydroxylation sites is 6. The lowest BCUT2D eigenvalue weighted by molar-refractivity contribution is 0.668. The first-order valence-corrected chi connectivity index (χ1v) is 38.5. The van der Waals surface area contributed by atoms with E-state index < -0.39 is 0 Å². The van der Waals surface area contributed by atoms with E-state index in [1.165, 1.54) is 141 Å². The number of hydrogen-bond donors (Lipinski definition) is 0. The van der Waals surface area contributed by atoms with Crippen molar-refractivity contribution in [2.45, 2.75) is 0 Å². The second kappa shape index (κ2) is 23.3. The Bertz CT molecular complexity index is 8180. The molecule has 0 unspecified atom stereocenters. The van der Waals surface area contributed by atoms with E-state index in [0.29, 0.717) is 0 Å². The maximum absolute atomic E-state index is 6.68. The topological polar surface area (TPSA) is 52.6 Å². The van der Waals surface area contributed by atoms with Crippen LogP contribution in [0.5, 0.6) is 0 Å². The van der Waals surface area contributed by atoms with Gasteiger partial charge in [-0.05, 0) is 236 Å². The van der Waals surface area contributed by atoms with E-state index >= 15 is 0 Å². The van der Waals surface area contributed by atoms with Crippen LogP contribution in [0.1, 0.15) is 0 Å². The average molecular weight is 1420 g/mol. The van der Waals surface area contributed by atoms with Gasteiger partial charge < -0.3 is 17.7 Å². The van der Waals surface area contributed by atoms with Crippen LogP contribution in [0.25, 0.3) is 262 Å². The minimum Gasteiger partial charge on any atom is -0.456 e. The Morgan fingerprint density at radius 3 is 0.830 bits per heavy atom. The van der Waals surface area contributed by atoms with Crippen molar-refractivity contribution in [3.05, 3.63) is 364 Å². The molecule has 0 aliphatic carbocycles. The fourth-order valence-electron chi connectivity index (χ4n) is 19.5. The smallest absolute Gasteiger partial charge is 0.143 e. The van der Waals surface area contributed by atoms with E-state index in [0.717, 1.165) is 121 Å². The Labute approximate surface area is 639 Å². The van der Waals surface area contributed by atoms with Crippen LogP contribution in [0.4, 0.5) is 0 Å². The summed E-state index contributed by atoms with van der Waals surface area (Å²) in [4.78, 5) is 0. The number of furan rings is 4. The molecule has 0 saturated carbocycles. The Balaban J connectivity index is 0.000000127. The van der Waals surface area contributed by atoms with Crippen LogP contribution < -0.4 is 0 Å². The molecule has 0 fully saturated rings. The molecule has 4 heterocycles. The lowest BCUT2D eigenvalue weighted by atomic mass is 9.83. The van der Waals surface area contributed by atoms with Crippen LogP contribution in [0.2, 0.25) is 0 Å². The van der Waals surface area contributed by atoms with Gasteiger partial charge in [0.1, 0.15) is 44.7 Å². The van der Waals surface area contributed by atoms with Crippen LogP contribution in [-0.2, 0) is 0 Å². The molecule has 26 aromatic rings. The summed E-state index contributed by atoms with van der Waals surface area (Å²) in [7, 11) is 0. The van der Waals surface area contributed by atoms with Crippen molar-refractivity contribution in [1.29, 1.82) is 0 Å². The summed E-state index contributed by atoms with van der Waals surface area (Å²) in [6.45, 7) is 0. The molecule has 0 aliphatic heterocycles. The lowest BCUT2D eigenvalue weighted by Crippen LogP contribution is -1.93. The lowest BCUT2D eigenvalue weighted by Gasteiger charge is -2.20. The maximum Gasteiger partial charge on any atom is 0.143 e. The SMILES string of the molecule is c1cc2ccc3cccc4c(-c5c6cccc(-c7ccc8c(c7)oc7ccccc78)c6cc6c(-c7ccc8c(c7)oc7ccccc78)cccc56)cc(c1)c2c34.c1cc2ccc3cccc4c(-c5c6cccc(-c7cccc8c7oc7ccccc78)c6cc6c(-c7cccc8c7oc7ccccc78)cccc56)cc(c1)c2c34. The fourth-order valence-corrected chi connectivity index (χ4v) is 19.5. The summed E-state index contributed by atoms with van der Waals surface area (Å²) in [5, 5.41) is 34.0. The quantitative estimate of drug-likeness (QED) is 0.123.